The van der Waals surface area contributed by atoms with Gasteiger partial charge in [0, 0.05) is 11.6 Å². The smallest absolute Gasteiger partial charge is 0.244 e. The molecular formula is C19H18ClNO4S. The van der Waals surface area contributed by atoms with Gasteiger partial charge < -0.3 is 9.84 Å². The van der Waals surface area contributed by atoms with Gasteiger partial charge >= 0.3 is 0 Å². The number of fused-ring (bicyclic) bond motifs is 1. The van der Waals surface area contributed by atoms with E-state index in [0.717, 1.165) is 10.8 Å². The lowest BCUT2D eigenvalue weighted by atomic mass is 10.0. The maximum atomic E-state index is 12.6. The highest BCUT2D eigenvalue weighted by atomic mass is 35.5. The number of hydrogen-bond acceptors (Lipinski definition) is 4. The third-order valence-corrected chi connectivity index (χ3v) is 5.74. The van der Waals surface area contributed by atoms with Gasteiger partial charge in [-0.2, -0.15) is 0 Å². The van der Waals surface area contributed by atoms with E-state index >= 15 is 0 Å². The second-order valence-electron chi connectivity index (χ2n) is 5.73. The van der Waals surface area contributed by atoms with Crippen LogP contribution in [0, 0.1) is 0 Å². The maximum absolute atomic E-state index is 12.6. The number of aliphatic hydroxyl groups excluding tert-OH is 1. The van der Waals surface area contributed by atoms with Gasteiger partial charge in [0.1, 0.15) is 10.6 Å². The van der Waals surface area contributed by atoms with Crippen LogP contribution in [0.1, 0.15) is 11.7 Å². The Balaban J connectivity index is 1.85. The lowest BCUT2D eigenvalue weighted by Crippen LogP contribution is -2.29. The maximum Gasteiger partial charge on any atom is 0.244 e. The van der Waals surface area contributed by atoms with Crippen LogP contribution in [0.4, 0.5) is 0 Å². The van der Waals surface area contributed by atoms with Gasteiger partial charge in [-0.3, -0.25) is 0 Å². The lowest BCUT2D eigenvalue weighted by molar-refractivity contribution is 0.183. The quantitative estimate of drug-likeness (QED) is 0.674. The molecule has 0 aliphatic rings. The van der Waals surface area contributed by atoms with Gasteiger partial charge in [0.25, 0.3) is 0 Å². The van der Waals surface area contributed by atoms with E-state index in [4.69, 9.17) is 16.3 Å². The van der Waals surface area contributed by atoms with Crippen molar-refractivity contribution in [3.8, 4) is 5.75 Å². The van der Waals surface area contributed by atoms with E-state index in [-0.39, 0.29) is 22.2 Å². The van der Waals surface area contributed by atoms with Crippen molar-refractivity contribution in [1.82, 2.24) is 4.72 Å². The van der Waals surface area contributed by atoms with Gasteiger partial charge in [-0.25, -0.2) is 13.1 Å². The van der Waals surface area contributed by atoms with Crippen LogP contribution in [0.3, 0.4) is 0 Å². The summed E-state index contributed by atoms with van der Waals surface area (Å²) in [7, 11) is -2.52. The molecule has 2 N–H and O–H groups in total. The van der Waals surface area contributed by atoms with E-state index in [2.05, 4.69) is 4.72 Å². The molecule has 0 aliphatic heterocycles. The summed E-state index contributed by atoms with van der Waals surface area (Å²) >= 11 is 5.91. The number of rotatable bonds is 6. The summed E-state index contributed by atoms with van der Waals surface area (Å²) in [4.78, 5) is -0.0716. The minimum atomic E-state index is -3.90. The molecule has 0 aliphatic carbocycles. The Bertz CT molecular complexity index is 1030. The number of ether oxygens (including phenoxy) is 1. The molecule has 0 fully saturated rings. The highest BCUT2D eigenvalue weighted by Crippen LogP contribution is 2.28. The van der Waals surface area contributed by atoms with E-state index < -0.39 is 16.1 Å². The van der Waals surface area contributed by atoms with Gasteiger partial charge in [-0.05, 0) is 34.5 Å². The number of methoxy groups -OCH3 is 1. The molecule has 1 unspecified atom stereocenters. The number of halogens is 1. The van der Waals surface area contributed by atoms with Gasteiger partial charge in [0.05, 0.1) is 13.2 Å². The van der Waals surface area contributed by atoms with Crippen molar-refractivity contribution >= 4 is 32.4 Å². The molecule has 0 spiro atoms. The monoisotopic (exact) mass is 391 g/mol. The minimum absolute atomic E-state index is 0.0716. The van der Waals surface area contributed by atoms with Crippen LogP contribution in [0.2, 0.25) is 5.02 Å². The average Bonchev–Trinajstić information content (AvgIpc) is 2.65. The van der Waals surface area contributed by atoms with Gasteiger partial charge in [0.2, 0.25) is 10.0 Å². The zero-order valence-electron chi connectivity index (χ0n) is 14.0. The molecule has 0 bridgehead atoms. The Morgan fingerprint density at radius 2 is 1.85 bits per heavy atom. The van der Waals surface area contributed by atoms with Gasteiger partial charge in [0.15, 0.2) is 0 Å². The van der Waals surface area contributed by atoms with E-state index in [0.29, 0.717) is 5.56 Å². The summed E-state index contributed by atoms with van der Waals surface area (Å²) in [5, 5.41) is 12.7. The van der Waals surface area contributed by atoms with Gasteiger partial charge in [-0.15, -0.1) is 0 Å². The largest absolute Gasteiger partial charge is 0.495 e. The number of sulfonamides is 1. The van der Waals surface area contributed by atoms with Crippen molar-refractivity contribution in [2.75, 3.05) is 13.7 Å². The Hall–Kier alpha value is -2.12. The first-order valence-corrected chi connectivity index (χ1v) is 9.77. The molecule has 7 heteroatoms. The first-order valence-electron chi connectivity index (χ1n) is 7.91. The molecule has 3 rings (SSSR count). The zero-order chi connectivity index (χ0) is 18.7. The zero-order valence-corrected chi connectivity index (χ0v) is 15.6. The van der Waals surface area contributed by atoms with E-state index in [1.54, 1.807) is 12.1 Å². The minimum Gasteiger partial charge on any atom is -0.495 e. The van der Waals surface area contributed by atoms with Crippen molar-refractivity contribution in [2.24, 2.45) is 0 Å². The standard InChI is InChI=1S/C19H18ClNO4S/c1-25-18-10-9-14(20)11-19(18)26(23,24)21-12-17(22)16-8-4-6-13-5-2-3-7-15(13)16/h2-11,17,21-22H,12H2,1H3. The van der Waals surface area contributed by atoms with Crippen LogP contribution in [0.15, 0.2) is 65.6 Å². The lowest BCUT2D eigenvalue weighted by Gasteiger charge is -2.16. The first kappa shape index (κ1) is 18.7. The van der Waals surface area contributed by atoms with Gasteiger partial charge in [-0.1, -0.05) is 54.1 Å². The third kappa shape index (κ3) is 3.83. The van der Waals surface area contributed by atoms with E-state index in [1.165, 1.54) is 19.2 Å². The van der Waals surface area contributed by atoms with E-state index in [9.17, 15) is 13.5 Å². The highest BCUT2D eigenvalue weighted by Gasteiger charge is 2.22. The summed E-state index contributed by atoms with van der Waals surface area (Å²) in [6.07, 6.45) is -0.999. The molecule has 0 amide bonds. The molecule has 136 valence electrons. The molecule has 1 atom stereocenters. The molecule has 5 nitrogen and oxygen atoms in total. The molecule has 26 heavy (non-hydrogen) atoms. The van der Waals surface area contributed by atoms with Crippen LogP contribution in [0.25, 0.3) is 10.8 Å². The molecule has 0 saturated carbocycles. The molecule has 0 radical (unpaired) electrons. The normalized spacial score (nSPS) is 12.9. The van der Waals surface area contributed by atoms with Crippen LogP contribution in [-0.4, -0.2) is 27.2 Å². The predicted molar refractivity (Wildman–Crippen MR) is 102 cm³/mol. The van der Waals surface area contributed by atoms with E-state index in [1.807, 2.05) is 36.4 Å². The van der Waals surface area contributed by atoms with Crippen molar-refractivity contribution in [2.45, 2.75) is 11.0 Å². The Morgan fingerprint density at radius 1 is 1.12 bits per heavy atom. The Kier molecular flexibility index (Phi) is 5.48. The number of aliphatic hydroxyl groups is 1. The van der Waals surface area contributed by atoms with Crippen LogP contribution < -0.4 is 9.46 Å². The first-order chi connectivity index (χ1) is 12.4. The predicted octanol–water partition coefficient (Wildman–Crippen LogP) is 3.51. The topological polar surface area (TPSA) is 75.6 Å². The summed E-state index contributed by atoms with van der Waals surface area (Å²) in [5.41, 5.74) is 0.656. The fourth-order valence-electron chi connectivity index (χ4n) is 2.78. The summed E-state index contributed by atoms with van der Waals surface area (Å²) in [5.74, 6) is 0.182. The summed E-state index contributed by atoms with van der Waals surface area (Å²) < 4.78 is 32.7. The Labute approximate surface area is 157 Å². The van der Waals surface area contributed by atoms with Crippen molar-refractivity contribution < 1.29 is 18.3 Å². The second-order valence-corrected chi connectivity index (χ2v) is 7.90. The van der Waals surface area contributed by atoms with Crippen molar-refractivity contribution in [1.29, 1.82) is 0 Å². The van der Waals surface area contributed by atoms with Crippen molar-refractivity contribution in [3.05, 3.63) is 71.2 Å². The molecule has 3 aromatic carbocycles. The molecule has 3 aromatic rings. The number of nitrogens with one attached hydrogen (secondary N) is 1. The molecule has 0 saturated heterocycles. The number of benzene rings is 3. The fourth-order valence-corrected chi connectivity index (χ4v) is 4.25. The second kappa shape index (κ2) is 7.63. The van der Waals surface area contributed by atoms with Crippen LogP contribution >= 0.6 is 11.6 Å². The van der Waals surface area contributed by atoms with Crippen LogP contribution in [0.5, 0.6) is 5.75 Å². The summed E-state index contributed by atoms with van der Waals surface area (Å²) in [6, 6.07) is 17.5. The molecular weight excluding hydrogens is 374 g/mol. The Morgan fingerprint density at radius 3 is 2.62 bits per heavy atom. The molecule has 0 aromatic heterocycles. The third-order valence-electron chi connectivity index (χ3n) is 4.06. The van der Waals surface area contributed by atoms with Crippen LogP contribution in [-0.2, 0) is 10.0 Å². The number of hydrogen-bond donors (Lipinski definition) is 2. The average molecular weight is 392 g/mol. The fraction of sp³-hybridized carbons (Fsp3) is 0.158. The molecule has 0 heterocycles. The van der Waals surface area contributed by atoms with Crippen molar-refractivity contribution in [3.63, 3.8) is 0 Å². The summed E-state index contributed by atoms with van der Waals surface area (Å²) in [6.45, 7) is -0.175. The highest BCUT2D eigenvalue weighted by molar-refractivity contribution is 7.89. The SMILES string of the molecule is COc1ccc(Cl)cc1S(=O)(=O)NCC(O)c1cccc2ccccc12.